The molecule has 0 bridgehead atoms. The van der Waals surface area contributed by atoms with Crippen LogP contribution in [0, 0.1) is 6.92 Å². The lowest BCUT2D eigenvalue weighted by molar-refractivity contribution is -0.117. The lowest BCUT2D eigenvalue weighted by Gasteiger charge is -2.22. The highest BCUT2D eigenvalue weighted by Crippen LogP contribution is 2.29. The molecule has 1 aliphatic rings. The first-order valence-corrected chi connectivity index (χ1v) is 7.88. The largest absolute Gasteiger partial charge is 0.361 e. The second kappa shape index (κ2) is 6.74. The van der Waals surface area contributed by atoms with Crippen molar-refractivity contribution in [2.45, 2.75) is 26.3 Å². The summed E-state index contributed by atoms with van der Waals surface area (Å²) in [5.41, 5.74) is 2.05. The molecule has 2 heterocycles. The summed E-state index contributed by atoms with van der Waals surface area (Å²) in [7, 11) is 1.68. The number of urea groups is 1. The smallest absolute Gasteiger partial charge is 0.322 e. The van der Waals surface area contributed by atoms with Gasteiger partial charge in [0.05, 0.1) is 17.9 Å². The summed E-state index contributed by atoms with van der Waals surface area (Å²) in [6, 6.07) is 8.86. The molecule has 126 valence electrons. The van der Waals surface area contributed by atoms with Crippen LogP contribution in [0.25, 0.3) is 0 Å². The molecule has 1 aliphatic heterocycles. The molecule has 0 atom stereocenters. The van der Waals surface area contributed by atoms with Crippen molar-refractivity contribution in [2.24, 2.45) is 0 Å². The molecule has 0 unspecified atom stereocenters. The highest BCUT2D eigenvalue weighted by Gasteiger charge is 2.24. The van der Waals surface area contributed by atoms with Crippen LogP contribution >= 0.6 is 0 Å². The Hall–Kier alpha value is -2.83. The van der Waals surface area contributed by atoms with Gasteiger partial charge < -0.3 is 19.6 Å². The third-order valence-electron chi connectivity index (χ3n) is 3.93. The van der Waals surface area contributed by atoms with E-state index >= 15 is 0 Å². The number of aromatic nitrogens is 1. The minimum absolute atomic E-state index is 0.0862. The highest BCUT2D eigenvalue weighted by molar-refractivity contribution is 6.01. The van der Waals surface area contributed by atoms with Gasteiger partial charge in [-0.3, -0.25) is 4.79 Å². The van der Waals surface area contributed by atoms with Gasteiger partial charge in [0, 0.05) is 26.1 Å². The molecule has 0 radical (unpaired) electrons. The number of benzene rings is 1. The number of aryl methyl sites for hydroxylation is 1. The van der Waals surface area contributed by atoms with Gasteiger partial charge in [-0.25, -0.2) is 4.79 Å². The molecule has 24 heavy (non-hydrogen) atoms. The Kier molecular flexibility index (Phi) is 4.50. The molecular formula is C17H20N4O3. The molecule has 7 heteroatoms. The fraction of sp³-hybridized carbons (Fsp3) is 0.353. The number of amides is 3. The van der Waals surface area contributed by atoms with Crippen LogP contribution < -0.4 is 10.2 Å². The Bertz CT molecular complexity index is 756. The van der Waals surface area contributed by atoms with E-state index in [1.807, 2.05) is 18.2 Å². The summed E-state index contributed by atoms with van der Waals surface area (Å²) in [5.74, 6) is 0.792. The number of hydrogen-bond donors (Lipinski definition) is 1. The first-order valence-electron chi connectivity index (χ1n) is 7.88. The average Bonchev–Trinajstić information content (AvgIpc) is 3.16. The van der Waals surface area contributed by atoms with Crippen molar-refractivity contribution >= 4 is 23.3 Å². The summed E-state index contributed by atoms with van der Waals surface area (Å²) in [5, 5.41) is 6.76. The number of nitrogens with zero attached hydrogens (tertiary/aromatic N) is 3. The summed E-state index contributed by atoms with van der Waals surface area (Å²) >= 11 is 0. The molecule has 1 aromatic heterocycles. The fourth-order valence-corrected chi connectivity index (χ4v) is 2.74. The van der Waals surface area contributed by atoms with Gasteiger partial charge in [-0.05, 0) is 25.5 Å². The van der Waals surface area contributed by atoms with Crippen LogP contribution in [0.2, 0.25) is 0 Å². The van der Waals surface area contributed by atoms with E-state index < -0.39 is 0 Å². The van der Waals surface area contributed by atoms with Crippen molar-refractivity contribution in [2.75, 3.05) is 23.8 Å². The molecule has 0 saturated carbocycles. The van der Waals surface area contributed by atoms with Gasteiger partial charge in [-0.2, -0.15) is 0 Å². The Morgan fingerprint density at radius 2 is 2.21 bits per heavy atom. The van der Waals surface area contributed by atoms with Gasteiger partial charge >= 0.3 is 6.03 Å². The van der Waals surface area contributed by atoms with Crippen molar-refractivity contribution in [3.63, 3.8) is 0 Å². The molecule has 1 aromatic carbocycles. The minimum Gasteiger partial charge on any atom is -0.361 e. The number of para-hydroxylation sites is 2. The SMILES string of the molecule is Cc1cc(CN(C)C(=O)Nc2ccccc2N2CCCC2=O)no1. The lowest BCUT2D eigenvalue weighted by Crippen LogP contribution is -2.32. The van der Waals surface area contributed by atoms with Gasteiger partial charge in [0.1, 0.15) is 11.5 Å². The summed E-state index contributed by atoms with van der Waals surface area (Å²) in [6.07, 6.45) is 1.39. The van der Waals surface area contributed by atoms with Crippen LogP contribution in [-0.2, 0) is 11.3 Å². The van der Waals surface area contributed by atoms with Crippen molar-refractivity contribution in [1.82, 2.24) is 10.1 Å². The molecule has 1 fully saturated rings. The number of carbonyl (C=O) groups excluding carboxylic acids is 2. The topological polar surface area (TPSA) is 78.7 Å². The zero-order valence-corrected chi connectivity index (χ0v) is 13.8. The third-order valence-corrected chi connectivity index (χ3v) is 3.93. The summed E-state index contributed by atoms with van der Waals surface area (Å²) in [6.45, 7) is 2.83. The van der Waals surface area contributed by atoms with E-state index in [2.05, 4.69) is 10.5 Å². The normalized spacial score (nSPS) is 14.1. The van der Waals surface area contributed by atoms with Gasteiger partial charge in [-0.1, -0.05) is 17.3 Å². The molecule has 7 nitrogen and oxygen atoms in total. The standard InChI is InChI=1S/C17H20N4O3/c1-12-10-13(19-24-12)11-20(2)17(23)18-14-6-3-4-7-15(14)21-9-5-8-16(21)22/h3-4,6-7,10H,5,8-9,11H2,1-2H3,(H,18,23). The molecule has 1 N–H and O–H groups in total. The van der Waals surface area contributed by atoms with Crippen LogP contribution in [0.4, 0.5) is 16.2 Å². The molecule has 3 amide bonds. The first-order chi connectivity index (χ1) is 11.5. The molecule has 0 aliphatic carbocycles. The van der Waals surface area contributed by atoms with Gasteiger partial charge in [0.15, 0.2) is 0 Å². The molecule has 2 aromatic rings. The minimum atomic E-state index is -0.269. The Balaban J connectivity index is 1.71. The Morgan fingerprint density at radius 3 is 2.88 bits per heavy atom. The number of carbonyl (C=O) groups is 2. The fourth-order valence-electron chi connectivity index (χ4n) is 2.74. The summed E-state index contributed by atoms with van der Waals surface area (Å²) < 4.78 is 5.01. The van der Waals surface area contributed by atoms with E-state index in [9.17, 15) is 9.59 Å². The third kappa shape index (κ3) is 3.40. The van der Waals surface area contributed by atoms with E-state index in [1.54, 1.807) is 31.0 Å². The van der Waals surface area contributed by atoms with Crippen LogP contribution in [0.15, 0.2) is 34.9 Å². The van der Waals surface area contributed by atoms with E-state index in [0.717, 1.165) is 12.1 Å². The molecule has 3 rings (SSSR count). The van der Waals surface area contributed by atoms with Gasteiger partial charge in [0.25, 0.3) is 0 Å². The van der Waals surface area contributed by atoms with E-state index in [-0.39, 0.29) is 11.9 Å². The lowest BCUT2D eigenvalue weighted by atomic mass is 10.2. The van der Waals surface area contributed by atoms with E-state index in [4.69, 9.17) is 4.52 Å². The van der Waals surface area contributed by atoms with Crippen LogP contribution in [0.5, 0.6) is 0 Å². The van der Waals surface area contributed by atoms with Crippen LogP contribution in [-0.4, -0.2) is 35.6 Å². The molecular weight excluding hydrogens is 308 g/mol. The predicted molar refractivity (Wildman–Crippen MR) is 89.8 cm³/mol. The second-order valence-electron chi connectivity index (χ2n) is 5.88. The van der Waals surface area contributed by atoms with Gasteiger partial charge in [0.2, 0.25) is 5.91 Å². The number of hydrogen-bond acceptors (Lipinski definition) is 4. The predicted octanol–water partition coefficient (Wildman–Crippen LogP) is 2.77. The first kappa shape index (κ1) is 16.0. The maximum Gasteiger partial charge on any atom is 0.322 e. The maximum atomic E-state index is 12.4. The maximum absolute atomic E-state index is 12.4. The number of anilines is 2. The van der Waals surface area contributed by atoms with Crippen molar-refractivity contribution in [3.05, 3.63) is 41.8 Å². The molecule has 0 spiro atoms. The van der Waals surface area contributed by atoms with Crippen molar-refractivity contribution < 1.29 is 14.1 Å². The zero-order chi connectivity index (χ0) is 17.1. The number of nitrogens with one attached hydrogen (secondary N) is 1. The molecule has 1 saturated heterocycles. The van der Waals surface area contributed by atoms with Crippen molar-refractivity contribution in [1.29, 1.82) is 0 Å². The Labute approximate surface area is 140 Å². The van der Waals surface area contributed by atoms with E-state index in [0.29, 0.717) is 36.7 Å². The second-order valence-corrected chi connectivity index (χ2v) is 5.88. The summed E-state index contributed by atoms with van der Waals surface area (Å²) in [4.78, 5) is 27.6. The monoisotopic (exact) mass is 328 g/mol. The van der Waals surface area contributed by atoms with E-state index in [1.165, 1.54) is 4.90 Å². The van der Waals surface area contributed by atoms with Crippen LogP contribution in [0.3, 0.4) is 0 Å². The van der Waals surface area contributed by atoms with Gasteiger partial charge in [-0.15, -0.1) is 0 Å². The quantitative estimate of drug-likeness (QED) is 0.936. The Morgan fingerprint density at radius 1 is 1.42 bits per heavy atom. The van der Waals surface area contributed by atoms with Crippen molar-refractivity contribution in [3.8, 4) is 0 Å². The van der Waals surface area contributed by atoms with Crippen LogP contribution in [0.1, 0.15) is 24.3 Å². The average molecular weight is 328 g/mol. The highest BCUT2D eigenvalue weighted by atomic mass is 16.5. The zero-order valence-electron chi connectivity index (χ0n) is 13.8. The number of rotatable bonds is 4.